The van der Waals surface area contributed by atoms with E-state index in [9.17, 15) is 9.90 Å². The Bertz CT molecular complexity index is 629. The minimum absolute atomic E-state index is 0.0493. The number of esters is 1. The molecule has 0 amide bonds. The topological polar surface area (TPSA) is 46.5 Å². The van der Waals surface area contributed by atoms with Crippen molar-refractivity contribution < 1.29 is 14.6 Å². The molecule has 146 valence electrons. The van der Waals surface area contributed by atoms with Gasteiger partial charge < -0.3 is 9.84 Å². The summed E-state index contributed by atoms with van der Waals surface area (Å²) in [5.41, 5.74) is 0.872. The maximum atomic E-state index is 13.2. The van der Waals surface area contributed by atoms with Crippen LogP contribution in [0, 0.1) is 29.6 Å². The van der Waals surface area contributed by atoms with Crippen LogP contribution >= 0.6 is 0 Å². The fraction of sp³-hybridized carbons (Fsp3) is 0.783. The molecule has 1 saturated carbocycles. The van der Waals surface area contributed by atoms with Gasteiger partial charge in [0, 0.05) is 0 Å². The summed E-state index contributed by atoms with van der Waals surface area (Å²) in [4.78, 5) is 13.2. The van der Waals surface area contributed by atoms with E-state index < -0.39 is 11.2 Å². The molecule has 5 atom stereocenters. The van der Waals surface area contributed by atoms with E-state index in [1.807, 2.05) is 0 Å². The highest BCUT2D eigenvalue weighted by Gasteiger charge is 2.56. The normalized spacial score (nSPS) is 37.3. The molecule has 1 N–H and O–H groups in total. The maximum Gasteiger partial charge on any atom is 0.310 e. The molecule has 0 heterocycles. The maximum absolute atomic E-state index is 13.2. The first-order chi connectivity index (χ1) is 12.1. The number of aliphatic hydroxyl groups is 1. The Morgan fingerprint density at radius 2 is 1.73 bits per heavy atom. The third-order valence-electron chi connectivity index (χ3n) is 6.57. The van der Waals surface area contributed by atoms with Gasteiger partial charge in [-0.3, -0.25) is 4.79 Å². The van der Waals surface area contributed by atoms with Crippen LogP contribution in [-0.4, -0.2) is 22.3 Å². The summed E-state index contributed by atoms with van der Waals surface area (Å²) >= 11 is 0. The van der Waals surface area contributed by atoms with E-state index in [4.69, 9.17) is 4.74 Å². The van der Waals surface area contributed by atoms with Gasteiger partial charge in [0.15, 0.2) is 0 Å². The largest absolute Gasteiger partial charge is 0.454 e. The van der Waals surface area contributed by atoms with Crippen molar-refractivity contribution in [1.82, 2.24) is 0 Å². The molecule has 4 bridgehead atoms. The lowest BCUT2D eigenvalue weighted by molar-refractivity contribution is -0.170. The molecule has 26 heavy (non-hydrogen) atoms. The summed E-state index contributed by atoms with van der Waals surface area (Å²) in [5, 5.41) is 11.2. The highest BCUT2D eigenvalue weighted by atomic mass is 16.6. The summed E-state index contributed by atoms with van der Waals surface area (Å²) in [6, 6.07) is 0. The van der Waals surface area contributed by atoms with E-state index in [1.165, 1.54) is 0 Å². The van der Waals surface area contributed by atoms with Gasteiger partial charge in [-0.05, 0) is 66.9 Å². The van der Waals surface area contributed by atoms with Crippen LogP contribution in [0.2, 0.25) is 0 Å². The fourth-order valence-electron chi connectivity index (χ4n) is 5.39. The number of rotatable bonds is 5. The van der Waals surface area contributed by atoms with Crippen molar-refractivity contribution in [3.8, 4) is 0 Å². The first kappa shape index (κ1) is 19.7. The number of hydrogen-bond acceptors (Lipinski definition) is 3. The second kappa shape index (κ2) is 6.82. The van der Waals surface area contributed by atoms with Crippen LogP contribution in [0.4, 0.5) is 0 Å². The summed E-state index contributed by atoms with van der Waals surface area (Å²) in [6.07, 6.45) is 8.39. The van der Waals surface area contributed by atoms with Gasteiger partial charge in [-0.25, -0.2) is 0 Å². The van der Waals surface area contributed by atoms with E-state index in [1.54, 1.807) is 0 Å². The van der Waals surface area contributed by atoms with Crippen molar-refractivity contribution in [3.63, 3.8) is 0 Å². The lowest BCUT2D eigenvalue weighted by Gasteiger charge is -2.54. The molecular weight excluding hydrogens is 324 g/mol. The van der Waals surface area contributed by atoms with Crippen molar-refractivity contribution in [3.05, 3.63) is 23.3 Å². The molecule has 3 nitrogen and oxygen atoms in total. The van der Waals surface area contributed by atoms with Gasteiger partial charge in [0.2, 0.25) is 0 Å². The van der Waals surface area contributed by atoms with Crippen LogP contribution in [0.1, 0.15) is 73.6 Å². The minimum atomic E-state index is -0.733. The zero-order valence-corrected chi connectivity index (χ0v) is 17.3. The third kappa shape index (κ3) is 3.40. The minimum Gasteiger partial charge on any atom is -0.454 e. The lowest BCUT2D eigenvalue weighted by atomic mass is 9.57. The zero-order chi connectivity index (χ0) is 19.3. The Labute approximate surface area is 158 Å². The lowest BCUT2D eigenvalue weighted by Crippen LogP contribution is -2.55. The molecule has 5 unspecified atom stereocenters. The molecule has 3 aliphatic rings. The van der Waals surface area contributed by atoms with Gasteiger partial charge in [-0.1, -0.05) is 53.7 Å². The molecule has 0 aromatic heterocycles. The number of allylic oxidation sites excluding steroid dienone is 2. The molecule has 0 aromatic carbocycles. The molecule has 0 radical (unpaired) electrons. The first-order valence-corrected chi connectivity index (χ1v) is 10.5. The van der Waals surface area contributed by atoms with Crippen molar-refractivity contribution >= 4 is 5.97 Å². The van der Waals surface area contributed by atoms with E-state index in [0.717, 1.165) is 36.8 Å². The van der Waals surface area contributed by atoms with Gasteiger partial charge in [0.05, 0.1) is 11.5 Å². The van der Waals surface area contributed by atoms with Crippen molar-refractivity contribution in [2.24, 2.45) is 29.6 Å². The first-order valence-electron chi connectivity index (χ1n) is 10.5. The molecule has 0 aliphatic heterocycles. The monoisotopic (exact) mass is 360 g/mol. The fourth-order valence-corrected chi connectivity index (χ4v) is 5.39. The highest BCUT2D eigenvalue weighted by molar-refractivity contribution is 5.74. The van der Waals surface area contributed by atoms with Crippen LogP contribution in [0.25, 0.3) is 0 Å². The highest BCUT2D eigenvalue weighted by Crippen LogP contribution is 2.56. The Morgan fingerprint density at radius 3 is 2.35 bits per heavy atom. The average molecular weight is 361 g/mol. The van der Waals surface area contributed by atoms with Crippen LogP contribution in [0.15, 0.2) is 23.3 Å². The predicted molar refractivity (Wildman–Crippen MR) is 105 cm³/mol. The predicted octanol–water partition coefficient (Wildman–Crippen LogP) is 5.04. The molecule has 0 saturated heterocycles. The molecule has 3 aliphatic carbocycles. The smallest absolute Gasteiger partial charge is 0.310 e. The molecule has 3 heteroatoms. The number of ether oxygens (including phenoxy) is 1. The Balaban J connectivity index is 1.93. The van der Waals surface area contributed by atoms with Crippen molar-refractivity contribution in [1.29, 1.82) is 0 Å². The third-order valence-corrected chi connectivity index (χ3v) is 6.57. The van der Waals surface area contributed by atoms with Crippen molar-refractivity contribution in [2.45, 2.75) is 84.8 Å². The SMILES string of the molecule is CC(C)CC(C(=O)OC12CCC3(O)CC(C)C=C1C3=CC(C)C2)C(C)C. The average Bonchev–Trinajstić information content (AvgIpc) is 2.50. The quantitative estimate of drug-likeness (QED) is 0.698. The van der Waals surface area contributed by atoms with Crippen LogP contribution in [0.3, 0.4) is 0 Å². The second-order valence-corrected chi connectivity index (χ2v) is 9.95. The number of carbonyl (C=O) groups excluding carboxylic acids is 1. The van der Waals surface area contributed by atoms with Gasteiger partial charge in [0.25, 0.3) is 0 Å². The second-order valence-electron chi connectivity index (χ2n) is 9.95. The van der Waals surface area contributed by atoms with E-state index in [-0.39, 0.29) is 17.8 Å². The Morgan fingerprint density at radius 1 is 1.12 bits per heavy atom. The summed E-state index contributed by atoms with van der Waals surface area (Å²) in [7, 11) is 0. The standard InChI is InChI=1S/C23H36O3/c1-14(2)9-18(15(3)4)21(24)26-23-8-7-22(25)12-16(5)11-20(23)19(22)10-17(6)13-23/h10-11,14-18,25H,7-9,12-13H2,1-6H3. The molecule has 3 rings (SSSR count). The van der Waals surface area contributed by atoms with Crippen molar-refractivity contribution in [2.75, 3.05) is 0 Å². The molecular formula is C23H36O3. The van der Waals surface area contributed by atoms with Gasteiger partial charge in [0.1, 0.15) is 5.60 Å². The molecule has 1 fully saturated rings. The zero-order valence-electron chi connectivity index (χ0n) is 17.3. The Kier molecular flexibility index (Phi) is 5.16. The molecule has 0 aromatic rings. The van der Waals surface area contributed by atoms with Gasteiger partial charge in [-0.15, -0.1) is 0 Å². The molecule has 0 spiro atoms. The van der Waals surface area contributed by atoms with E-state index in [0.29, 0.717) is 24.2 Å². The summed E-state index contributed by atoms with van der Waals surface area (Å²) in [6.45, 7) is 12.9. The van der Waals surface area contributed by atoms with Gasteiger partial charge in [-0.2, -0.15) is 0 Å². The Hall–Kier alpha value is -1.09. The van der Waals surface area contributed by atoms with Crippen LogP contribution in [0.5, 0.6) is 0 Å². The number of hydrogen-bond donors (Lipinski definition) is 1. The van der Waals surface area contributed by atoms with Crippen LogP contribution < -0.4 is 0 Å². The summed E-state index contributed by atoms with van der Waals surface area (Å²) < 4.78 is 6.36. The summed E-state index contributed by atoms with van der Waals surface area (Å²) in [5.74, 6) is 1.27. The van der Waals surface area contributed by atoms with Gasteiger partial charge >= 0.3 is 5.97 Å². The van der Waals surface area contributed by atoms with E-state index in [2.05, 4.69) is 53.7 Å². The number of carbonyl (C=O) groups is 1. The van der Waals surface area contributed by atoms with E-state index >= 15 is 0 Å². The van der Waals surface area contributed by atoms with Crippen LogP contribution in [-0.2, 0) is 9.53 Å².